The molecule has 12 heavy (non-hydrogen) atoms. The summed E-state index contributed by atoms with van der Waals surface area (Å²) >= 11 is 0. The Bertz CT molecular complexity index is 166. The van der Waals surface area contributed by atoms with Gasteiger partial charge in [-0.3, -0.25) is 0 Å². The first-order valence-electron chi connectivity index (χ1n) is 4.24. The normalized spacial score (nSPS) is 41.1. The van der Waals surface area contributed by atoms with Crippen LogP contribution in [0.2, 0.25) is 0 Å². The van der Waals surface area contributed by atoms with Crippen molar-refractivity contribution in [1.82, 2.24) is 0 Å². The Morgan fingerprint density at radius 2 is 2.25 bits per heavy atom. The SMILES string of the molecule is CC1/C=C\C(C)(N)COCOC1. The van der Waals surface area contributed by atoms with Crippen molar-refractivity contribution in [2.45, 2.75) is 19.4 Å². The third-order valence-electron chi connectivity index (χ3n) is 1.77. The second kappa shape index (κ2) is 4.03. The van der Waals surface area contributed by atoms with Crippen molar-refractivity contribution in [2.24, 2.45) is 11.7 Å². The van der Waals surface area contributed by atoms with E-state index in [1.54, 1.807) is 0 Å². The van der Waals surface area contributed by atoms with Crippen LogP contribution in [0.4, 0.5) is 0 Å². The maximum atomic E-state index is 5.91. The second-order valence-corrected chi connectivity index (χ2v) is 3.68. The van der Waals surface area contributed by atoms with Crippen LogP contribution in [-0.2, 0) is 9.47 Å². The molecule has 1 heterocycles. The summed E-state index contributed by atoms with van der Waals surface area (Å²) in [5, 5.41) is 0. The fourth-order valence-corrected chi connectivity index (χ4v) is 1.04. The van der Waals surface area contributed by atoms with Gasteiger partial charge in [-0.25, -0.2) is 0 Å². The van der Waals surface area contributed by atoms with Gasteiger partial charge < -0.3 is 15.2 Å². The van der Waals surface area contributed by atoms with Gasteiger partial charge in [0.15, 0.2) is 0 Å². The molecule has 0 aliphatic carbocycles. The first-order valence-corrected chi connectivity index (χ1v) is 4.24. The van der Waals surface area contributed by atoms with Crippen molar-refractivity contribution in [1.29, 1.82) is 0 Å². The van der Waals surface area contributed by atoms with Crippen LogP contribution in [-0.4, -0.2) is 25.5 Å². The highest BCUT2D eigenvalue weighted by Gasteiger charge is 2.16. The van der Waals surface area contributed by atoms with Crippen LogP contribution in [0.1, 0.15) is 13.8 Å². The Kier molecular flexibility index (Phi) is 3.26. The van der Waals surface area contributed by atoms with E-state index in [9.17, 15) is 0 Å². The molecule has 0 saturated carbocycles. The summed E-state index contributed by atoms with van der Waals surface area (Å²) in [6.45, 7) is 5.60. The molecule has 0 amide bonds. The molecule has 1 aliphatic heterocycles. The van der Waals surface area contributed by atoms with E-state index in [4.69, 9.17) is 15.2 Å². The first kappa shape index (κ1) is 9.71. The van der Waals surface area contributed by atoms with E-state index in [0.717, 1.165) is 0 Å². The van der Waals surface area contributed by atoms with Gasteiger partial charge in [0.25, 0.3) is 0 Å². The Labute approximate surface area is 73.5 Å². The van der Waals surface area contributed by atoms with E-state index in [2.05, 4.69) is 13.0 Å². The zero-order valence-electron chi connectivity index (χ0n) is 7.75. The lowest BCUT2D eigenvalue weighted by atomic mass is 10.0. The summed E-state index contributed by atoms with van der Waals surface area (Å²) in [5.74, 6) is 0.412. The predicted octanol–water partition coefficient (Wildman–Crippen LogP) is 0.900. The fraction of sp³-hybridized carbons (Fsp3) is 0.778. The molecular weight excluding hydrogens is 154 g/mol. The van der Waals surface area contributed by atoms with Crippen LogP contribution in [0.5, 0.6) is 0 Å². The Hall–Kier alpha value is -0.380. The average Bonchev–Trinajstić information content (AvgIpc) is 2.05. The molecule has 0 aromatic heterocycles. The molecule has 1 aliphatic rings. The smallest absolute Gasteiger partial charge is 0.146 e. The monoisotopic (exact) mass is 171 g/mol. The number of ether oxygens (including phenoxy) is 2. The van der Waals surface area contributed by atoms with Gasteiger partial charge in [-0.1, -0.05) is 19.1 Å². The quantitative estimate of drug-likeness (QED) is 0.551. The lowest BCUT2D eigenvalue weighted by Gasteiger charge is -2.18. The van der Waals surface area contributed by atoms with E-state index < -0.39 is 0 Å². The molecule has 2 unspecified atom stereocenters. The average molecular weight is 171 g/mol. The summed E-state index contributed by atoms with van der Waals surface area (Å²) in [5.41, 5.74) is 5.55. The minimum atomic E-state index is -0.359. The van der Waals surface area contributed by atoms with Crippen LogP contribution in [0.15, 0.2) is 12.2 Å². The van der Waals surface area contributed by atoms with Crippen molar-refractivity contribution in [3.63, 3.8) is 0 Å². The molecule has 0 aromatic carbocycles. The van der Waals surface area contributed by atoms with Gasteiger partial charge in [-0.2, -0.15) is 0 Å². The van der Waals surface area contributed by atoms with Crippen LogP contribution in [0, 0.1) is 5.92 Å². The van der Waals surface area contributed by atoms with Gasteiger partial charge >= 0.3 is 0 Å². The topological polar surface area (TPSA) is 44.5 Å². The molecule has 1 rings (SSSR count). The number of nitrogens with two attached hydrogens (primary N) is 1. The van der Waals surface area contributed by atoms with E-state index in [1.807, 2.05) is 13.0 Å². The molecule has 0 bridgehead atoms. The lowest BCUT2D eigenvalue weighted by Crippen LogP contribution is -2.39. The molecule has 0 spiro atoms. The third-order valence-corrected chi connectivity index (χ3v) is 1.77. The van der Waals surface area contributed by atoms with Crippen molar-refractivity contribution in [3.8, 4) is 0 Å². The van der Waals surface area contributed by atoms with Crippen LogP contribution in [0.25, 0.3) is 0 Å². The van der Waals surface area contributed by atoms with Crippen molar-refractivity contribution in [2.75, 3.05) is 20.0 Å². The van der Waals surface area contributed by atoms with Crippen molar-refractivity contribution < 1.29 is 9.47 Å². The summed E-state index contributed by atoms with van der Waals surface area (Å²) in [6, 6.07) is 0. The molecule has 2 atom stereocenters. The van der Waals surface area contributed by atoms with Crippen molar-refractivity contribution in [3.05, 3.63) is 12.2 Å². The molecule has 2 N–H and O–H groups in total. The zero-order chi connectivity index (χ0) is 9.03. The molecule has 0 radical (unpaired) electrons. The third kappa shape index (κ3) is 3.34. The molecule has 0 saturated heterocycles. The van der Waals surface area contributed by atoms with Crippen molar-refractivity contribution >= 4 is 0 Å². The van der Waals surface area contributed by atoms with Gasteiger partial charge in [-0.05, 0) is 12.8 Å². The van der Waals surface area contributed by atoms with Gasteiger partial charge in [0, 0.05) is 0 Å². The fourth-order valence-electron chi connectivity index (χ4n) is 1.04. The minimum Gasteiger partial charge on any atom is -0.355 e. The minimum absolute atomic E-state index is 0.346. The van der Waals surface area contributed by atoms with Gasteiger partial charge in [0.2, 0.25) is 0 Å². The summed E-state index contributed by atoms with van der Waals surface area (Å²) in [6.07, 6.45) is 4.07. The summed E-state index contributed by atoms with van der Waals surface area (Å²) in [7, 11) is 0. The molecule has 0 fully saturated rings. The number of hydrogen-bond acceptors (Lipinski definition) is 3. The van der Waals surface area contributed by atoms with Crippen LogP contribution >= 0.6 is 0 Å². The predicted molar refractivity (Wildman–Crippen MR) is 47.7 cm³/mol. The standard InChI is InChI=1S/C9H17NO2/c1-8-3-4-9(2,10)6-12-7-11-5-8/h3-4,8H,5-7,10H2,1-2H3/b4-3-. The summed E-state index contributed by atoms with van der Waals surface area (Å²) < 4.78 is 10.5. The highest BCUT2D eigenvalue weighted by molar-refractivity contribution is 5.03. The van der Waals surface area contributed by atoms with E-state index >= 15 is 0 Å². The van der Waals surface area contributed by atoms with Crippen LogP contribution in [0.3, 0.4) is 0 Å². The molecule has 70 valence electrons. The van der Waals surface area contributed by atoms with E-state index in [0.29, 0.717) is 25.9 Å². The van der Waals surface area contributed by atoms with Gasteiger partial charge in [-0.15, -0.1) is 0 Å². The van der Waals surface area contributed by atoms with Gasteiger partial charge in [0.05, 0.1) is 18.8 Å². The highest BCUT2D eigenvalue weighted by atomic mass is 16.7. The van der Waals surface area contributed by atoms with Gasteiger partial charge in [0.1, 0.15) is 6.79 Å². The molecule has 3 nitrogen and oxygen atoms in total. The maximum Gasteiger partial charge on any atom is 0.146 e. The number of hydrogen-bond donors (Lipinski definition) is 1. The largest absolute Gasteiger partial charge is 0.355 e. The van der Waals surface area contributed by atoms with E-state index in [-0.39, 0.29) is 5.54 Å². The second-order valence-electron chi connectivity index (χ2n) is 3.68. The zero-order valence-corrected chi connectivity index (χ0v) is 7.75. The van der Waals surface area contributed by atoms with E-state index in [1.165, 1.54) is 0 Å². The Balaban J connectivity index is 2.56. The molecular formula is C9H17NO2. The first-order chi connectivity index (χ1) is 5.60. The Morgan fingerprint density at radius 3 is 3.00 bits per heavy atom. The highest BCUT2D eigenvalue weighted by Crippen LogP contribution is 2.08. The van der Waals surface area contributed by atoms with Crippen LogP contribution < -0.4 is 5.73 Å². The Morgan fingerprint density at radius 1 is 1.50 bits per heavy atom. The molecule has 0 aromatic rings. The number of rotatable bonds is 0. The lowest BCUT2D eigenvalue weighted by molar-refractivity contribution is -0.0651. The maximum absolute atomic E-state index is 5.91. The summed E-state index contributed by atoms with van der Waals surface area (Å²) in [4.78, 5) is 0. The molecule has 3 heteroatoms.